The molecule has 1 heterocycles. The van der Waals surface area contributed by atoms with Gasteiger partial charge in [-0.1, -0.05) is 30.3 Å². The van der Waals surface area contributed by atoms with E-state index < -0.39 is 0 Å². The van der Waals surface area contributed by atoms with Gasteiger partial charge in [-0.25, -0.2) is 0 Å². The van der Waals surface area contributed by atoms with Crippen LogP contribution in [0.5, 0.6) is 0 Å². The van der Waals surface area contributed by atoms with Crippen LogP contribution in [-0.4, -0.2) is 24.3 Å². The molecule has 0 aliphatic carbocycles. The van der Waals surface area contributed by atoms with Crippen LogP contribution in [0, 0.1) is 5.92 Å². The lowest BCUT2D eigenvalue weighted by Crippen LogP contribution is -2.34. The Kier molecular flexibility index (Phi) is 4.75. The highest BCUT2D eigenvalue weighted by Gasteiger charge is 2.19. The Morgan fingerprint density at radius 3 is 2.88 bits per heavy atom. The van der Waals surface area contributed by atoms with Gasteiger partial charge in [0.2, 0.25) is 0 Å². The molecule has 2 rings (SSSR count). The third kappa shape index (κ3) is 3.97. The summed E-state index contributed by atoms with van der Waals surface area (Å²) in [6, 6.07) is 10.6. The SMILES string of the molecule is O=CCC[C@H]1CCCN(Cc2ccccc2)C1. The molecule has 0 N–H and O–H groups in total. The topological polar surface area (TPSA) is 20.3 Å². The highest BCUT2D eigenvalue weighted by molar-refractivity contribution is 5.49. The molecule has 1 aromatic carbocycles. The summed E-state index contributed by atoms with van der Waals surface area (Å²) in [7, 11) is 0. The molecule has 0 saturated carbocycles. The predicted molar refractivity (Wildman–Crippen MR) is 69.7 cm³/mol. The first-order chi connectivity index (χ1) is 8.38. The molecule has 1 aromatic rings. The lowest BCUT2D eigenvalue weighted by molar-refractivity contribution is -0.108. The van der Waals surface area contributed by atoms with E-state index in [-0.39, 0.29) is 0 Å². The van der Waals surface area contributed by atoms with Crippen LogP contribution in [0.2, 0.25) is 0 Å². The van der Waals surface area contributed by atoms with Crippen LogP contribution in [0.3, 0.4) is 0 Å². The average molecular weight is 231 g/mol. The number of hydrogen-bond acceptors (Lipinski definition) is 2. The number of likely N-dealkylation sites (tertiary alicyclic amines) is 1. The van der Waals surface area contributed by atoms with Crippen LogP contribution in [0.15, 0.2) is 30.3 Å². The van der Waals surface area contributed by atoms with Crippen LogP contribution >= 0.6 is 0 Å². The third-order valence-corrected chi connectivity index (χ3v) is 3.54. The quantitative estimate of drug-likeness (QED) is 0.726. The number of piperidine rings is 1. The summed E-state index contributed by atoms with van der Waals surface area (Å²) in [6.45, 7) is 3.41. The largest absolute Gasteiger partial charge is 0.303 e. The highest BCUT2D eigenvalue weighted by Crippen LogP contribution is 2.21. The first-order valence-electron chi connectivity index (χ1n) is 6.58. The van der Waals surface area contributed by atoms with Crippen LogP contribution in [0.4, 0.5) is 0 Å². The van der Waals surface area contributed by atoms with Crippen molar-refractivity contribution in [3.8, 4) is 0 Å². The number of rotatable bonds is 5. The van der Waals surface area contributed by atoms with Gasteiger partial charge in [-0.15, -0.1) is 0 Å². The van der Waals surface area contributed by atoms with Crippen molar-refractivity contribution < 1.29 is 4.79 Å². The molecule has 0 amide bonds. The van der Waals surface area contributed by atoms with Gasteiger partial charge in [0.1, 0.15) is 6.29 Å². The van der Waals surface area contributed by atoms with Crippen molar-refractivity contribution in [1.82, 2.24) is 4.90 Å². The van der Waals surface area contributed by atoms with Crippen LogP contribution in [-0.2, 0) is 11.3 Å². The number of hydrogen-bond donors (Lipinski definition) is 0. The van der Waals surface area contributed by atoms with Crippen molar-refractivity contribution in [3.63, 3.8) is 0 Å². The summed E-state index contributed by atoms with van der Waals surface area (Å²) < 4.78 is 0. The van der Waals surface area contributed by atoms with E-state index in [0.717, 1.165) is 38.1 Å². The highest BCUT2D eigenvalue weighted by atomic mass is 16.1. The molecule has 0 spiro atoms. The summed E-state index contributed by atoms with van der Waals surface area (Å²) in [5.41, 5.74) is 1.39. The van der Waals surface area contributed by atoms with Crippen molar-refractivity contribution >= 4 is 6.29 Å². The van der Waals surface area contributed by atoms with Gasteiger partial charge in [0, 0.05) is 19.5 Å². The van der Waals surface area contributed by atoms with Gasteiger partial charge in [-0.3, -0.25) is 4.90 Å². The molecule has 1 saturated heterocycles. The predicted octanol–water partition coefficient (Wildman–Crippen LogP) is 2.88. The molecule has 2 heteroatoms. The summed E-state index contributed by atoms with van der Waals surface area (Å²) in [5.74, 6) is 0.720. The second-order valence-corrected chi connectivity index (χ2v) is 4.97. The Balaban J connectivity index is 1.83. The second kappa shape index (κ2) is 6.55. The summed E-state index contributed by atoms with van der Waals surface area (Å²) in [6.07, 6.45) is 5.41. The van der Waals surface area contributed by atoms with E-state index in [2.05, 4.69) is 35.2 Å². The fourth-order valence-electron chi connectivity index (χ4n) is 2.68. The van der Waals surface area contributed by atoms with Gasteiger partial charge >= 0.3 is 0 Å². The molecule has 0 radical (unpaired) electrons. The van der Waals surface area contributed by atoms with E-state index in [1.165, 1.54) is 24.9 Å². The maximum atomic E-state index is 10.4. The number of carbonyl (C=O) groups excluding carboxylic acids is 1. The molecule has 1 fully saturated rings. The molecular weight excluding hydrogens is 210 g/mol. The van der Waals surface area contributed by atoms with Crippen molar-refractivity contribution in [1.29, 1.82) is 0 Å². The Morgan fingerprint density at radius 1 is 1.29 bits per heavy atom. The maximum Gasteiger partial charge on any atom is 0.120 e. The first kappa shape index (κ1) is 12.3. The lowest BCUT2D eigenvalue weighted by atomic mass is 9.93. The van der Waals surface area contributed by atoms with Crippen LogP contribution < -0.4 is 0 Å². The van der Waals surface area contributed by atoms with E-state index in [4.69, 9.17) is 0 Å². The van der Waals surface area contributed by atoms with Crippen LogP contribution in [0.1, 0.15) is 31.2 Å². The molecule has 17 heavy (non-hydrogen) atoms. The monoisotopic (exact) mass is 231 g/mol. The smallest absolute Gasteiger partial charge is 0.120 e. The molecule has 1 atom stereocenters. The van der Waals surface area contributed by atoms with E-state index in [0.29, 0.717) is 0 Å². The summed E-state index contributed by atoms with van der Waals surface area (Å²) in [5, 5.41) is 0. The van der Waals surface area contributed by atoms with Gasteiger partial charge in [-0.05, 0) is 37.3 Å². The van der Waals surface area contributed by atoms with Gasteiger partial charge < -0.3 is 4.79 Å². The van der Waals surface area contributed by atoms with Gasteiger partial charge in [-0.2, -0.15) is 0 Å². The Hall–Kier alpha value is -1.15. The van der Waals surface area contributed by atoms with E-state index in [9.17, 15) is 4.79 Å². The molecule has 1 aliphatic rings. The van der Waals surface area contributed by atoms with E-state index in [1.807, 2.05) is 0 Å². The number of carbonyl (C=O) groups is 1. The minimum Gasteiger partial charge on any atom is -0.303 e. The van der Waals surface area contributed by atoms with E-state index in [1.54, 1.807) is 0 Å². The van der Waals surface area contributed by atoms with Crippen molar-refractivity contribution in [3.05, 3.63) is 35.9 Å². The molecular formula is C15H21NO. The number of aldehydes is 1. The zero-order valence-corrected chi connectivity index (χ0v) is 10.3. The fraction of sp³-hybridized carbons (Fsp3) is 0.533. The van der Waals surface area contributed by atoms with Crippen molar-refractivity contribution in [2.75, 3.05) is 13.1 Å². The third-order valence-electron chi connectivity index (χ3n) is 3.54. The maximum absolute atomic E-state index is 10.4. The first-order valence-corrected chi connectivity index (χ1v) is 6.58. The number of benzene rings is 1. The zero-order chi connectivity index (χ0) is 11.9. The van der Waals surface area contributed by atoms with E-state index >= 15 is 0 Å². The lowest BCUT2D eigenvalue weighted by Gasteiger charge is -2.32. The molecule has 92 valence electrons. The normalized spacial score (nSPS) is 21.3. The molecule has 0 bridgehead atoms. The van der Waals surface area contributed by atoms with Crippen LogP contribution in [0.25, 0.3) is 0 Å². The minimum absolute atomic E-state index is 0.720. The van der Waals surface area contributed by atoms with Gasteiger partial charge in [0.15, 0.2) is 0 Å². The zero-order valence-electron chi connectivity index (χ0n) is 10.3. The Labute approximate surface area is 104 Å². The minimum atomic E-state index is 0.720. The summed E-state index contributed by atoms with van der Waals surface area (Å²) in [4.78, 5) is 12.9. The van der Waals surface area contributed by atoms with Crippen molar-refractivity contribution in [2.45, 2.75) is 32.2 Å². The fourth-order valence-corrected chi connectivity index (χ4v) is 2.68. The Bertz CT molecular complexity index is 336. The standard InChI is InChI=1S/C15H21NO/c17-11-5-9-15-8-4-10-16(13-15)12-14-6-2-1-3-7-14/h1-3,6-7,11,15H,4-5,8-10,12-13H2/t15-/m1/s1. The van der Waals surface area contributed by atoms with Gasteiger partial charge in [0.25, 0.3) is 0 Å². The van der Waals surface area contributed by atoms with Gasteiger partial charge in [0.05, 0.1) is 0 Å². The summed E-state index contributed by atoms with van der Waals surface area (Å²) >= 11 is 0. The molecule has 1 aliphatic heterocycles. The Morgan fingerprint density at radius 2 is 2.12 bits per heavy atom. The average Bonchev–Trinajstić information content (AvgIpc) is 2.38. The number of nitrogens with zero attached hydrogens (tertiary/aromatic N) is 1. The molecule has 2 nitrogen and oxygen atoms in total. The van der Waals surface area contributed by atoms with Crippen molar-refractivity contribution in [2.24, 2.45) is 5.92 Å². The second-order valence-electron chi connectivity index (χ2n) is 4.97. The molecule has 0 unspecified atom stereocenters. The molecule has 0 aromatic heterocycles.